The minimum atomic E-state index is -0.0899. The first-order valence-corrected chi connectivity index (χ1v) is 13.0. The van der Waals surface area contributed by atoms with Gasteiger partial charge >= 0.3 is 0 Å². The normalized spacial score (nSPS) is 14.0. The summed E-state index contributed by atoms with van der Waals surface area (Å²) in [6.45, 7) is 3.14. The molecule has 3 aromatic heterocycles. The molecule has 4 heterocycles. The van der Waals surface area contributed by atoms with Crippen LogP contribution in [0.15, 0.2) is 83.8 Å². The second-order valence-electron chi connectivity index (χ2n) is 9.85. The van der Waals surface area contributed by atoms with E-state index in [9.17, 15) is 9.59 Å². The van der Waals surface area contributed by atoms with Crippen LogP contribution in [0, 0.1) is 6.92 Å². The zero-order valence-electron chi connectivity index (χ0n) is 21.6. The van der Waals surface area contributed by atoms with Gasteiger partial charge in [0.05, 0.1) is 12.1 Å². The molecule has 0 atom stereocenters. The highest BCUT2D eigenvalue weighted by Gasteiger charge is 2.29. The number of nitrogens with one attached hydrogen (secondary N) is 1. The smallest absolute Gasteiger partial charge is 0.259 e. The molecule has 1 fully saturated rings. The summed E-state index contributed by atoms with van der Waals surface area (Å²) in [5.41, 5.74) is 5.58. The monoisotopic (exact) mass is 520 g/mol. The van der Waals surface area contributed by atoms with Crippen molar-refractivity contribution in [3.63, 3.8) is 0 Å². The summed E-state index contributed by atoms with van der Waals surface area (Å²) in [6.07, 6.45) is 5.29. The van der Waals surface area contributed by atoms with Crippen LogP contribution in [0.2, 0.25) is 0 Å². The summed E-state index contributed by atoms with van der Waals surface area (Å²) in [6, 6.07) is 21.4. The van der Waals surface area contributed by atoms with E-state index >= 15 is 0 Å². The van der Waals surface area contributed by atoms with E-state index in [0.29, 0.717) is 36.0 Å². The molecule has 6 rings (SSSR count). The van der Waals surface area contributed by atoms with Gasteiger partial charge in [-0.15, -0.1) is 0 Å². The molecule has 1 N–H and O–H groups in total. The lowest BCUT2D eigenvalue weighted by molar-refractivity contribution is -0.115. The van der Waals surface area contributed by atoms with Gasteiger partial charge in [0.15, 0.2) is 11.4 Å². The molecule has 0 saturated carbocycles. The third kappa shape index (κ3) is 5.16. The Hall–Kier alpha value is -4.79. The SMILES string of the molecule is Cc1noc(-c2ccccc2)c1C(=O)N1CCC(c2ccc(NC(=O)Cc3ccc4ncnn4c3)cc2)CC1. The molecule has 9 heteroatoms. The first-order chi connectivity index (χ1) is 19.0. The number of anilines is 1. The van der Waals surface area contributed by atoms with Crippen molar-refractivity contribution in [2.75, 3.05) is 18.4 Å². The van der Waals surface area contributed by atoms with Crippen LogP contribution < -0.4 is 5.32 Å². The quantitative estimate of drug-likeness (QED) is 0.342. The average Bonchev–Trinajstić information content (AvgIpc) is 3.60. The van der Waals surface area contributed by atoms with Crippen LogP contribution >= 0.6 is 0 Å². The Kier molecular flexibility index (Phi) is 6.62. The van der Waals surface area contributed by atoms with Crippen molar-refractivity contribution in [1.29, 1.82) is 0 Å². The van der Waals surface area contributed by atoms with E-state index in [1.54, 1.807) is 4.52 Å². The van der Waals surface area contributed by atoms with Crippen LogP contribution in [-0.4, -0.2) is 49.6 Å². The average molecular weight is 521 g/mol. The van der Waals surface area contributed by atoms with Crippen molar-refractivity contribution in [2.24, 2.45) is 0 Å². The molecule has 5 aromatic rings. The Bertz CT molecular complexity index is 1620. The fourth-order valence-electron chi connectivity index (χ4n) is 5.18. The van der Waals surface area contributed by atoms with Gasteiger partial charge in [0.2, 0.25) is 5.91 Å². The van der Waals surface area contributed by atoms with Crippen LogP contribution in [0.3, 0.4) is 0 Å². The fourth-order valence-corrected chi connectivity index (χ4v) is 5.18. The maximum Gasteiger partial charge on any atom is 0.259 e. The molecule has 2 amide bonds. The molecule has 2 aromatic carbocycles. The number of nitrogens with zero attached hydrogens (tertiary/aromatic N) is 5. The maximum atomic E-state index is 13.4. The van der Waals surface area contributed by atoms with E-state index < -0.39 is 0 Å². The van der Waals surface area contributed by atoms with E-state index in [4.69, 9.17) is 4.52 Å². The van der Waals surface area contributed by atoms with Gasteiger partial charge < -0.3 is 14.7 Å². The Morgan fingerprint density at radius 3 is 2.54 bits per heavy atom. The van der Waals surface area contributed by atoms with E-state index in [1.807, 2.05) is 72.6 Å². The summed E-state index contributed by atoms with van der Waals surface area (Å²) in [4.78, 5) is 32.0. The number of rotatable bonds is 6. The van der Waals surface area contributed by atoms with Gasteiger partial charge in [0, 0.05) is 30.5 Å². The van der Waals surface area contributed by atoms with Gasteiger partial charge in [0.1, 0.15) is 11.9 Å². The van der Waals surface area contributed by atoms with Crippen molar-refractivity contribution in [1.82, 2.24) is 24.7 Å². The number of amides is 2. The van der Waals surface area contributed by atoms with Gasteiger partial charge in [0.25, 0.3) is 5.91 Å². The van der Waals surface area contributed by atoms with Crippen LogP contribution in [0.4, 0.5) is 5.69 Å². The Morgan fingerprint density at radius 1 is 1.00 bits per heavy atom. The molecule has 0 radical (unpaired) electrons. The van der Waals surface area contributed by atoms with Gasteiger partial charge in [-0.1, -0.05) is 53.7 Å². The molecule has 1 saturated heterocycles. The third-order valence-corrected chi connectivity index (χ3v) is 7.26. The fraction of sp³-hybridized carbons (Fsp3) is 0.233. The molecule has 0 spiro atoms. The number of carbonyl (C=O) groups is 2. The number of likely N-dealkylation sites (tertiary alicyclic amines) is 1. The Labute approximate surface area is 225 Å². The van der Waals surface area contributed by atoms with Gasteiger partial charge in [-0.2, -0.15) is 5.10 Å². The Balaban J connectivity index is 1.05. The number of benzene rings is 2. The summed E-state index contributed by atoms with van der Waals surface area (Å²) in [5.74, 6) is 0.752. The summed E-state index contributed by atoms with van der Waals surface area (Å²) >= 11 is 0. The summed E-state index contributed by atoms with van der Waals surface area (Å²) < 4.78 is 7.19. The number of hydrogen-bond acceptors (Lipinski definition) is 6. The van der Waals surface area contributed by atoms with Crippen molar-refractivity contribution in [2.45, 2.75) is 32.1 Å². The van der Waals surface area contributed by atoms with Gasteiger partial charge in [-0.05, 0) is 55.0 Å². The molecule has 1 aliphatic heterocycles. The van der Waals surface area contributed by atoms with Gasteiger partial charge in [-0.25, -0.2) is 9.50 Å². The highest BCUT2D eigenvalue weighted by Crippen LogP contribution is 2.32. The minimum absolute atomic E-state index is 0.0351. The Morgan fingerprint density at radius 2 is 1.77 bits per heavy atom. The zero-order valence-corrected chi connectivity index (χ0v) is 21.6. The maximum absolute atomic E-state index is 13.4. The second kappa shape index (κ2) is 10.5. The lowest BCUT2D eigenvalue weighted by atomic mass is 9.89. The molecule has 39 heavy (non-hydrogen) atoms. The molecule has 196 valence electrons. The van der Waals surface area contributed by atoms with Crippen LogP contribution in [0.25, 0.3) is 17.0 Å². The molecule has 1 aliphatic rings. The number of piperidine rings is 1. The number of aromatic nitrogens is 4. The summed E-state index contributed by atoms with van der Waals surface area (Å²) in [7, 11) is 0. The van der Waals surface area contributed by atoms with Crippen molar-refractivity contribution in [3.8, 4) is 11.3 Å². The minimum Gasteiger partial charge on any atom is -0.355 e. The number of carbonyl (C=O) groups excluding carboxylic acids is 2. The number of aryl methyl sites for hydroxylation is 1. The number of pyridine rings is 1. The first-order valence-electron chi connectivity index (χ1n) is 13.0. The lowest BCUT2D eigenvalue weighted by Crippen LogP contribution is -2.38. The molecule has 9 nitrogen and oxygen atoms in total. The van der Waals surface area contributed by atoms with E-state index in [2.05, 4.69) is 32.7 Å². The van der Waals surface area contributed by atoms with Crippen molar-refractivity contribution in [3.05, 3.63) is 102 Å². The number of hydrogen-bond donors (Lipinski definition) is 1. The highest BCUT2D eigenvalue weighted by molar-refractivity contribution is 6.00. The largest absolute Gasteiger partial charge is 0.355 e. The van der Waals surface area contributed by atoms with E-state index in [0.717, 1.165) is 35.3 Å². The molecular formula is C30H28N6O3. The lowest BCUT2D eigenvalue weighted by Gasteiger charge is -2.32. The second-order valence-corrected chi connectivity index (χ2v) is 9.85. The molecular weight excluding hydrogens is 492 g/mol. The topological polar surface area (TPSA) is 106 Å². The third-order valence-electron chi connectivity index (χ3n) is 7.26. The zero-order chi connectivity index (χ0) is 26.8. The molecule has 0 bridgehead atoms. The standard InChI is InChI=1S/C30H28N6O3/c1-20-28(29(39-34-20)24-5-3-2-4-6-24)30(38)35-15-13-23(14-16-35)22-8-10-25(11-9-22)33-27(37)17-21-7-12-26-31-19-32-36(26)18-21/h2-12,18-19,23H,13-17H2,1H3,(H,33,37). The predicted octanol–water partition coefficient (Wildman–Crippen LogP) is 4.89. The van der Waals surface area contributed by atoms with Crippen LogP contribution in [0.5, 0.6) is 0 Å². The molecule has 0 unspecified atom stereocenters. The van der Waals surface area contributed by atoms with Crippen LogP contribution in [-0.2, 0) is 11.2 Å². The van der Waals surface area contributed by atoms with Crippen molar-refractivity contribution < 1.29 is 14.1 Å². The van der Waals surface area contributed by atoms with Crippen molar-refractivity contribution >= 4 is 23.1 Å². The predicted molar refractivity (Wildman–Crippen MR) is 146 cm³/mol. The first kappa shape index (κ1) is 24.5. The van der Waals surface area contributed by atoms with E-state index in [-0.39, 0.29) is 18.2 Å². The number of fused-ring (bicyclic) bond motifs is 1. The molecule has 0 aliphatic carbocycles. The van der Waals surface area contributed by atoms with E-state index in [1.165, 1.54) is 11.9 Å². The van der Waals surface area contributed by atoms with Crippen LogP contribution in [0.1, 0.15) is 45.9 Å². The summed E-state index contributed by atoms with van der Waals surface area (Å²) in [5, 5.41) is 11.2. The van der Waals surface area contributed by atoms with Gasteiger partial charge in [-0.3, -0.25) is 9.59 Å². The highest BCUT2D eigenvalue weighted by atomic mass is 16.5.